The maximum atomic E-state index is 10.9. The number of imidazole rings is 1. The van der Waals surface area contributed by atoms with Crippen molar-refractivity contribution in [2.24, 2.45) is 7.05 Å². The average molecular weight is 251 g/mol. The van der Waals surface area contributed by atoms with Gasteiger partial charge in [0.25, 0.3) is 0 Å². The second-order valence-electron chi connectivity index (χ2n) is 3.81. The van der Waals surface area contributed by atoms with E-state index in [1.165, 1.54) is 0 Å². The Bertz CT molecular complexity index is 590. The number of carboxylic acid groups (broad SMARTS) is 1. The third kappa shape index (κ3) is 2.03. The highest BCUT2D eigenvalue weighted by molar-refractivity contribution is 6.32. The molecule has 1 heterocycles. The van der Waals surface area contributed by atoms with Crippen LogP contribution in [0.2, 0.25) is 5.15 Å². The van der Waals surface area contributed by atoms with Crippen molar-refractivity contribution in [2.45, 2.75) is 6.92 Å². The molecule has 17 heavy (non-hydrogen) atoms. The van der Waals surface area contributed by atoms with Gasteiger partial charge < -0.3 is 9.67 Å². The van der Waals surface area contributed by atoms with Crippen LogP contribution in [-0.2, 0) is 7.05 Å². The highest BCUT2D eigenvalue weighted by atomic mass is 35.5. The molecule has 0 saturated carbocycles. The van der Waals surface area contributed by atoms with Crippen molar-refractivity contribution in [3.8, 4) is 11.4 Å². The number of rotatable bonds is 2. The predicted octanol–water partition coefficient (Wildman–Crippen LogP) is 2.75. The van der Waals surface area contributed by atoms with Crippen molar-refractivity contribution in [1.82, 2.24) is 9.55 Å². The first-order chi connectivity index (χ1) is 8.00. The summed E-state index contributed by atoms with van der Waals surface area (Å²) in [6, 6.07) is 7.67. The second kappa shape index (κ2) is 4.22. The Morgan fingerprint density at radius 3 is 2.71 bits per heavy atom. The standard InChI is InChI=1S/C12H11ClN2O2/c1-7-4-3-5-8(6-7)11-14-9(12(16)17)10(13)15(11)2/h3-6H,1-2H3,(H,16,17). The van der Waals surface area contributed by atoms with Crippen LogP contribution in [0, 0.1) is 6.92 Å². The zero-order chi connectivity index (χ0) is 12.6. The number of carbonyl (C=O) groups is 1. The van der Waals surface area contributed by atoms with Crippen LogP contribution in [0.3, 0.4) is 0 Å². The smallest absolute Gasteiger partial charge is 0.357 e. The first-order valence-electron chi connectivity index (χ1n) is 5.03. The maximum absolute atomic E-state index is 10.9. The van der Waals surface area contributed by atoms with Gasteiger partial charge >= 0.3 is 5.97 Å². The lowest BCUT2D eigenvalue weighted by atomic mass is 10.1. The molecule has 2 aromatic rings. The Balaban J connectivity index is 2.61. The zero-order valence-corrected chi connectivity index (χ0v) is 10.2. The molecular weight excluding hydrogens is 240 g/mol. The van der Waals surface area contributed by atoms with Crippen molar-refractivity contribution in [3.63, 3.8) is 0 Å². The molecule has 0 unspecified atom stereocenters. The summed E-state index contributed by atoms with van der Waals surface area (Å²) in [5, 5.41) is 9.08. The van der Waals surface area contributed by atoms with Crippen molar-refractivity contribution >= 4 is 17.6 Å². The number of benzene rings is 1. The molecule has 0 fully saturated rings. The Labute approximate surface area is 103 Å². The molecule has 0 aliphatic rings. The number of aryl methyl sites for hydroxylation is 1. The molecule has 4 nitrogen and oxygen atoms in total. The minimum absolute atomic E-state index is 0.120. The van der Waals surface area contributed by atoms with Gasteiger partial charge in [-0.25, -0.2) is 9.78 Å². The lowest BCUT2D eigenvalue weighted by Gasteiger charge is -2.02. The summed E-state index contributed by atoms with van der Waals surface area (Å²) in [4.78, 5) is 15.0. The van der Waals surface area contributed by atoms with Crippen LogP contribution in [0.1, 0.15) is 16.1 Å². The minimum atomic E-state index is -1.12. The number of hydrogen-bond donors (Lipinski definition) is 1. The van der Waals surface area contributed by atoms with Crippen LogP contribution in [0.25, 0.3) is 11.4 Å². The van der Waals surface area contributed by atoms with E-state index >= 15 is 0 Å². The molecule has 1 aromatic heterocycles. The van der Waals surface area contributed by atoms with Crippen molar-refractivity contribution in [3.05, 3.63) is 40.7 Å². The predicted molar refractivity (Wildman–Crippen MR) is 65.4 cm³/mol. The third-order valence-corrected chi connectivity index (χ3v) is 2.94. The first-order valence-corrected chi connectivity index (χ1v) is 5.41. The van der Waals surface area contributed by atoms with Crippen LogP contribution in [-0.4, -0.2) is 20.6 Å². The Kier molecular flexibility index (Phi) is 2.90. The second-order valence-corrected chi connectivity index (χ2v) is 4.17. The lowest BCUT2D eigenvalue weighted by molar-refractivity contribution is 0.0691. The molecule has 0 aliphatic carbocycles. The van der Waals surface area contributed by atoms with Crippen LogP contribution < -0.4 is 0 Å². The molecule has 1 aromatic carbocycles. The van der Waals surface area contributed by atoms with Gasteiger partial charge in [-0.3, -0.25) is 0 Å². The van der Waals surface area contributed by atoms with Crippen molar-refractivity contribution in [2.75, 3.05) is 0 Å². The van der Waals surface area contributed by atoms with E-state index in [0.29, 0.717) is 5.82 Å². The monoisotopic (exact) mass is 250 g/mol. The van der Waals surface area contributed by atoms with E-state index in [4.69, 9.17) is 16.7 Å². The van der Waals surface area contributed by atoms with E-state index in [-0.39, 0.29) is 10.8 Å². The fourth-order valence-corrected chi connectivity index (χ4v) is 1.86. The van der Waals surface area contributed by atoms with Gasteiger partial charge in [0, 0.05) is 12.6 Å². The normalized spacial score (nSPS) is 10.5. The van der Waals surface area contributed by atoms with Gasteiger partial charge in [-0.05, 0) is 13.0 Å². The van der Waals surface area contributed by atoms with Gasteiger partial charge in [-0.1, -0.05) is 35.4 Å². The summed E-state index contributed by atoms with van der Waals surface area (Å²) in [5.74, 6) is -0.569. The van der Waals surface area contributed by atoms with Gasteiger partial charge in [0.05, 0.1) is 0 Å². The molecule has 0 saturated heterocycles. The molecule has 2 rings (SSSR count). The van der Waals surface area contributed by atoms with Crippen molar-refractivity contribution < 1.29 is 9.90 Å². The van der Waals surface area contributed by atoms with E-state index in [1.807, 2.05) is 31.2 Å². The fraction of sp³-hybridized carbons (Fsp3) is 0.167. The van der Waals surface area contributed by atoms with E-state index in [0.717, 1.165) is 11.1 Å². The van der Waals surface area contributed by atoms with E-state index in [2.05, 4.69) is 4.98 Å². The van der Waals surface area contributed by atoms with Gasteiger partial charge in [-0.15, -0.1) is 0 Å². The summed E-state index contributed by atoms with van der Waals surface area (Å²) in [6.07, 6.45) is 0. The number of halogens is 1. The molecule has 88 valence electrons. The highest BCUT2D eigenvalue weighted by Crippen LogP contribution is 2.25. The number of carboxylic acids is 1. The number of hydrogen-bond acceptors (Lipinski definition) is 2. The van der Waals surface area contributed by atoms with E-state index in [9.17, 15) is 4.79 Å². The summed E-state index contributed by atoms with van der Waals surface area (Å²) in [6.45, 7) is 1.96. The quantitative estimate of drug-likeness (QED) is 0.892. The summed E-state index contributed by atoms with van der Waals surface area (Å²) < 4.78 is 1.57. The van der Waals surface area contributed by atoms with Crippen LogP contribution in [0.5, 0.6) is 0 Å². The first kappa shape index (κ1) is 11.7. The molecule has 0 bridgehead atoms. The summed E-state index contributed by atoms with van der Waals surface area (Å²) in [5.41, 5.74) is 1.81. The molecule has 0 radical (unpaired) electrons. The van der Waals surface area contributed by atoms with E-state index in [1.54, 1.807) is 11.6 Å². The molecule has 0 amide bonds. The average Bonchev–Trinajstić information content (AvgIpc) is 2.56. The Morgan fingerprint density at radius 2 is 2.18 bits per heavy atom. The van der Waals surface area contributed by atoms with Gasteiger partial charge in [-0.2, -0.15) is 0 Å². The molecule has 0 aliphatic heterocycles. The number of nitrogens with zero attached hydrogens (tertiary/aromatic N) is 2. The molecule has 0 spiro atoms. The van der Waals surface area contributed by atoms with Crippen LogP contribution >= 0.6 is 11.6 Å². The van der Waals surface area contributed by atoms with Crippen LogP contribution in [0.15, 0.2) is 24.3 Å². The van der Waals surface area contributed by atoms with E-state index < -0.39 is 5.97 Å². The third-order valence-electron chi connectivity index (χ3n) is 2.50. The Morgan fingerprint density at radius 1 is 1.47 bits per heavy atom. The number of aromatic nitrogens is 2. The SMILES string of the molecule is Cc1cccc(-c2nc(C(=O)O)c(Cl)n2C)c1. The molecule has 1 N–H and O–H groups in total. The summed E-state index contributed by atoms with van der Waals surface area (Å²) in [7, 11) is 1.69. The van der Waals surface area contributed by atoms with Crippen LogP contribution in [0.4, 0.5) is 0 Å². The van der Waals surface area contributed by atoms with Gasteiger partial charge in [0.15, 0.2) is 5.69 Å². The zero-order valence-electron chi connectivity index (χ0n) is 9.44. The van der Waals surface area contributed by atoms with Crippen molar-refractivity contribution in [1.29, 1.82) is 0 Å². The molecular formula is C12H11ClN2O2. The van der Waals surface area contributed by atoms with Gasteiger partial charge in [0.2, 0.25) is 0 Å². The minimum Gasteiger partial charge on any atom is -0.476 e. The Hall–Kier alpha value is -1.81. The fourth-order valence-electron chi connectivity index (χ4n) is 1.66. The largest absolute Gasteiger partial charge is 0.476 e. The topological polar surface area (TPSA) is 55.1 Å². The summed E-state index contributed by atoms with van der Waals surface area (Å²) >= 11 is 5.92. The molecule has 5 heteroatoms. The molecule has 0 atom stereocenters. The maximum Gasteiger partial charge on any atom is 0.357 e. The number of aromatic carboxylic acids is 1. The lowest BCUT2D eigenvalue weighted by Crippen LogP contribution is -1.97. The van der Waals surface area contributed by atoms with Gasteiger partial charge in [0.1, 0.15) is 11.0 Å². The highest BCUT2D eigenvalue weighted by Gasteiger charge is 2.19.